The molecule has 1 aromatic carbocycles. The molecule has 0 fully saturated rings. The van der Waals surface area contributed by atoms with Crippen LogP contribution in [0.1, 0.15) is 28.4 Å². The molecule has 1 aromatic rings. The molecule has 0 unspecified atom stereocenters. The second-order valence-corrected chi connectivity index (χ2v) is 4.04. The number of carbonyl (C=O) groups is 2. The minimum atomic E-state index is -0.428. The highest BCUT2D eigenvalue weighted by atomic mass is 16.2. The molecule has 2 amide bonds. The van der Waals surface area contributed by atoms with Crippen LogP contribution in [0, 0.1) is 0 Å². The summed E-state index contributed by atoms with van der Waals surface area (Å²) in [5, 5.41) is 0. The lowest BCUT2D eigenvalue weighted by Gasteiger charge is -2.28. The fraction of sp³-hybridized carbons (Fsp3) is 0.333. The standard InChI is InChI=1S/C12H14N2O2/c1-8(15)14-5-4-9-2-3-10(12(13)16)6-11(9)7-14/h2-3,6H,4-5,7H2,1H3,(H2,13,16). The Labute approximate surface area is 94.0 Å². The SMILES string of the molecule is CC(=O)N1CCc2ccc(C(N)=O)cc2C1. The predicted molar refractivity (Wildman–Crippen MR) is 59.8 cm³/mol. The number of hydrogen-bond donors (Lipinski definition) is 1. The molecule has 4 nitrogen and oxygen atoms in total. The minimum Gasteiger partial charge on any atom is -0.366 e. The van der Waals surface area contributed by atoms with Crippen LogP contribution >= 0.6 is 0 Å². The number of fused-ring (bicyclic) bond motifs is 1. The summed E-state index contributed by atoms with van der Waals surface area (Å²) in [4.78, 5) is 24.1. The highest BCUT2D eigenvalue weighted by Crippen LogP contribution is 2.20. The summed E-state index contributed by atoms with van der Waals surface area (Å²) in [6.07, 6.45) is 0.841. The van der Waals surface area contributed by atoms with Gasteiger partial charge in [-0.2, -0.15) is 0 Å². The number of hydrogen-bond acceptors (Lipinski definition) is 2. The number of benzene rings is 1. The Morgan fingerprint density at radius 1 is 1.31 bits per heavy atom. The van der Waals surface area contributed by atoms with Gasteiger partial charge in [-0.15, -0.1) is 0 Å². The van der Waals surface area contributed by atoms with Crippen molar-refractivity contribution in [2.24, 2.45) is 5.73 Å². The summed E-state index contributed by atoms with van der Waals surface area (Å²) >= 11 is 0. The Hall–Kier alpha value is -1.84. The number of nitrogens with zero attached hydrogens (tertiary/aromatic N) is 1. The highest BCUT2D eigenvalue weighted by Gasteiger charge is 2.18. The van der Waals surface area contributed by atoms with Gasteiger partial charge in [0.1, 0.15) is 0 Å². The van der Waals surface area contributed by atoms with E-state index in [2.05, 4.69) is 0 Å². The zero-order valence-corrected chi connectivity index (χ0v) is 9.19. The smallest absolute Gasteiger partial charge is 0.248 e. The van der Waals surface area contributed by atoms with Crippen LogP contribution in [0.5, 0.6) is 0 Å². The number of rotatable bonds is 1. The van der Waals surface area contributed by atoms with Crippen LogP contribution in [0.3, 0.4) is 0 Å². The Morgan fingerprint density at radius 2 is 2.06 bits per heavy atom. The van der Waals surface area contributed by atoms with E-state index in [1.54, 1.807) is 24.0 Å². The zero-order valence-electron chi connectivity index (χ0n) is 9.19. The molecule has 16 heavy (non-hydrogen) atoms. The fourth-order valence-electron chi connectivity index (χ4n) is 1.98. The molecule has 1 heterocycles. The summed E-state index contributed by atoms with van der Waals surface area (Å²) in [6.45, 7) is 2.88. The zero-order chi connectivity index (χ0) is 11.7. The van der Waals surface area contributed by atoms with E-state index < -0.39 is 5.91 Å². The van der Waals surface area contributed by atoms with Crippen molar-refractivity contribution >= 4 is 11.8 Å². The average molecular weight is 218 g/mol. The second kappa shape index (κ2) is 3.96. The molecular formula is C12H14N2O2. The van der Waals surface area contributed by atoms with Crippen LogP contribution < -0.4 is 5.73 Å². The van der Waals surface area contributed by atoms with Crippen molar-refractivity contribution in [1.29, 1.82) is 0 Å². The van der Waals surface area contributed by atoms with Gasteiger partial charge in [0.05, 0.1) is 0 Å². The molecular weight excluding hydrogens is 204 g/mol. The van der Waals surface area contributed by atoms with E-state index in [1.165, 1.54) is 5.56 Å². The molecule has 0 bridgehead atoms. The molecule has 2 N–H and O–H groups in total. The van der Waals surface area contributed by atoms with Crippen molar-refractivity contribution in [2.75, 3.05) is 6.54 Å². The number of carbonyl (C=O) groups excluding carboxylic acids is 2. The molecule has 0 saturated carbocycles. The predicted octanol–water partition coefficient (Wildman–Crippen LogP) is 0.690. The maximum atomic E-state index is 11.3. The highest BCUT2D eigenvalue weighted by molar-refractivity contribution is 5.93. The Balaban J connectivity index is 2.32. The molecule has 0 aliphatic carbocycles. The van der Waals surface area contributed by atoms with Gasteiger partial charge in [-0.3, -0.25) is 9.59 Å². The molecule has 0 saturated heterocycles. The van der Waals surface area contributed by atoms with Gasteiger partial charge in [0, 0.05) is 25.6 Å². The molecule has 1 aliphatic heterocycles. The van der Waals surface area contributed by atoms with Crippen LogP contribution in [0.15, 0.2) is 18.2 Å². The molecule has 4 heteroatoms. The molecule has 1 aliphatic rings. The van der Waals surface area contributed by atoms with E-state index in [0.717, 1.165) is 18.5 Å². The van der Waals surface area contributed by atoms with Gasteiger partial charge in [-0.05, 0) is 29.7 Å². The Kier molecular flexibility index (Phi) is 2.64. The van der Waals surface area contributed by atoms with Gasteiger partial charge in [-0.1, -0.05) is 6.07 Å². The first-order valence-corrected chi connectivity index (χ1v) is 5.25. The normalized spacial score (nSPS) is 14.4. The lowest BCUT2D eigenvalue weighted by atomic mass is 9.97. The van der Waals surface area contributed by atoms with Crippen LogP contribution in [0.4, 0.5) is 0 Å². The molecule has 0 atom stereocenters. The monoisotopic (exact) mass is 218 g/mol. The van der Waals surface area contributed by atoms with Gasteiger partial charge in [0.25, 0.3) is 0 Å². The molecule has 0 aromatic heterocycles. The molecule has 2 rings (SSSR count). The van der Waals surface area contributed by atoms with Crippen molar-refractivity contribution in [2.45, 2.75) is 19.9 Å². The van der Waals surface area contributed by atoms with Crippen LogP contribution in [-0.2, 0) is 17.8 Å². The lowest BCUT2D eigenvalue weighted by Crippen LogP contribution is -2.34. The number of amides is 2. The summed E-state index contributed by atoms with van der Waals surface area (Å²) in [5.74, 6) is -0.363. The third kappa shape index (κ3) is 1.91. The summed E-state index contributed by atoms with van der Waals surface area (Å²) in [6, 6.07) is 5.45. The van der Waals surface area contributed by atoms with Crippen LogP contribution in [0.25, 0.3) is 0 Å². The van der Waals surface area contributed by atoms with Gasteiger partial charge < -0.3 is 10.6 Å². The molecule has 0 radical (unpaired) electrons. The topological polar surface area (TPSA) is 63.4 Å². The minimum absolute atomic E-state index is 0.0649. The Morgan fingerprint density at radius 3 is 2.69 bits per heavy atom. The van der Waals surface area contributed by atoms with Crippen molar-refractivity contribution in [3.63, 3.8) is 0 Å². The van der Waals surface area contributed by atoms with Crippen molar-refractivity contribution in [3.05, 3.63) is 34.9 Å². The number of primary amides is 1. The van der Waals surface area contributed by atoms with Crippen molar-refractivity contribution in [3.8, 4) is 0 Å². The van der Waals surface area contributed by atoms with E-state index in [9.17, 15) is 9.59 Å². The average Bonchev–Trinajstić information content (AvgIpc) is 2.27. The lowest BCUT2D eigenvalue weighted by molar-refractivity contribution is -0.129. The molecule has 84 valence electrons. The van der Waals surface area contributed by atoms with Gasteiger partial charge in [0.15, 0.2) is 0 Å². The third-order valence-corrected chi connectivity index (χ3v) is 2.95. The van der Waals surface area contributed by atoms with Crippen LogP contribution in [-0.4, -0.2) is 23.3 Å². The van der Waals surface area contributed by atoms with E-state index in [1.807, 2.05) is 6.07 Å². The first-order chi connectivity index (χ1) is 7.58. The van der Waals surface area contributed by atoms with Gasteiger partial charge in [0.2, 0.25) is 11.8 Å². The van der Waals surface area contributed by atoms with Crippen molar-refractivity contribution in [1.82, 2.24) is 4.90 Å². The number of nitrogens with two attached hydrogens (primary N) is 1. The van der Waals surface area contributed by atoms with Gasteiger partial charge >= 0.3 is 0 Å². The quantitative estimate of drug-likeness (QED) is 0.753. The maximum Gasteiger partial charge on any atom is 0.248 e. The second-order valence-electron chi connectivity index (χ2n) is 4.04. The van der Waals surface area contributed by atoms with Gasteiger partial charge in [-0.25, -0.2) is 0 Å². The van der Waals surface area contributed by atoms with Crippen LogP contribution in [0.2, 0.25) is 0 Å². The summed E-state index contributed by atoms with van der Waals surface area (Å²) < 4.78 is 0. The van der Waals surface area contributed by atoms with E-state index in [4.69, 9.17) is 5.73 Å². The molecule has 0 spiro atoms. The van der Waals surface area contributed by atoms with E-state index in [-0.39, 0.29) is 5.91 Å². The van der Waals surface area contributed by atoms with E-state index in [0.29, 0.717) is 12.1 Å². The summed E-state index contributed by atoms with van der Waals surface area (Å²) in [5.41, 5.74) is 7.95. The first-order valence-electron chi connectivity index (χ1n) is 5.25. The van der Waals surface area contributed by atoms with E-state index >= 15 is 0 Å². The first kappa shape index (κ1) is 10.7. The summed E-state index contributed by atoms with van der Waals surface area (Å²) in [7, 11) is 0. The maximum absolute atomic E-state index is 11.3. The fourth-order valence-corrected chi connectivity index (χ4v) is 1.98. The van der Waals surface area contributed by atoms with Crippen molar-refractivity contribution < 1.29 is 9.59 Å². The largest absolute Gasteiger partial charge is 0.366 e. The third-order valence-electron chi connectivity index (χ3n) is 2.95. The Bertz CT molecular complexity index is 454.